The van der Waals surface area contributed by atoms with Crippen molar-refractivity contribution in [3.05, 3.63) is 52.1 Å². The van der Waals surface area contributed by atoms with Crippen LogP contribution in [0.4, 0.5) is 0 Å². The molecule has 19 heavy (non-hydrogen) atoms. The second-order valence-electron chi connectivity index (χ2n) is 3.55. The minimum absolute atomic E-state index is 0.117. The Morgan fingerprint density at radius 1 is 1.37 bits per heavy atom. The fraction of sp³-hybridized carbons (Fsp3) is 0. The van der Waals surface area contributed by atoms with Gasteiger partial charge in [-0.25, -0.2) is 9.78 Å². The normalized spacial score (nSPS) is 9.68. The Hall–Kier alpha value is -2.39. The predicted molar refractivity (Wildman–Crippen MR) is 70.1 cm³/mol. The van der Waals surface area contributed by atoms with Crippen molar-refractivity contribution in [2.75, 3.05) is 0 Å². The predicted octanol–water partition coefficient (Wildman–Crippen LogP) is 3.21. The first-order chi connectivity index (χ1) is 9.10. The van der Waals surface area contributed by atoms with Crippen molar-refractivity contribution >= 4 is 21.9 Å². The number of ether oxygens (including phenoxy) is 1. The lowest BCUT2D eigenvalue weighted by molar-refractivity contribution is 0.0696. The fourth-order valence-corrected chi connectivity index (χ4v) is 1.66. The van der Waals surface area contributed by atoms with E-state index in [2.05, 4.69) is 20.9 Å². The van der Waals surface area contributed by atoms with Crippen LogP contribution in [0.3, 0.4) is 0 Å². The van der Waals surface area contributed by atoms with Crippen LogP contribution in [0, 0.1) is 11.3 Å². The van der Waals surface area contributed by atoms with Gasteiger partial charge in [-0.05, 0) is 40.2 Å². The van der Waals surface area contributed by atoms with Crippen molar-refractivity contribution in [2.45, 2.75) is 0 Å². The molecule has 1 N–H and O–H groups in total. The van der Waals surface area contributed by atoms with E-state index in [1.807, 2.05) is 6.07 Å². The van der Waals surface area contributed by atoms with Crippen LogP contribution < -0.4 is 4.74 Å². The summed E-state index contributed by atoms with van der Waals surface area (Å²) in [6.07, 6.45) is 1.38. The number of halogens is 1. The Bertz CT molecular complexity index is 663. The number of nitrogens with zero attached hydrogens (tertiary/aromatic N) is 2. The molecule has 0 amide bonds. The van der Waals surface area contributed by atoms with E-state index in [1.165, 1.54) is 18.3 Å². The Morgan fingerprint density at radius 2 is 2.16 bits per heavy atom. The van der Waals surface area contributed by atoms with Gasteiger partial charge in [0.2, 0.25) is 5.88 Å². The average molecular weight is 319 g/mol. The van der Waals surface area contributed by atoms with Gasteiger partial charge in [-0.15, -0.1) is 0 Å². The molecule has 94 valence electrons. The molecule has 0 aliphatic carbocycles. The third-order valence-corrected chi connectivity index (χ3v) is 2.91. The van der Waals surface area contributed by atoms with Crippen molar-refractivity contribution in [1.82, 2.24) is 4.98 Å². The number of aromatic carboxylic acids is 1. The molecule has 5 nitrogen and oxygen atoms in total. The van der Waals surface area contributed by atoms with E-state index in [4.69, 9.17) is 15.1 Å². The number of rotatable bonds is 3. The molecule has 0 aliphatic rings. The van der Waals surface area contributed by atoms with Crippen molar-refractivity contribution in [3.63, 3.8) is 0 Å². The monoisotopic (exact) mass is 318 g/mol. The molecule has 1 heterocycles. The van der Waals surface area contributed by atoms with Crippen molar-refractivity contribution in [3.8, 4) is 17.7 Å². The van der Waals surface area contributed by atoms with Crippen LogP contribution >= 0.6 is 15.9 Å². The van der Waals surface area contributed by atoms with Crippen LogP contribution in [0.25, 0.3) is 0 Å². The maximum Gasteiger partial charge on any atom is 0.335 e. The molecule has 1 aromatic carbocycles. The first-order valence-electron chi connectivity index (χ1n) is 5.17. The van der Waals surface area contributed by atoms with Gasteiger partial charge >= 0.3 is 5.97 Å². The van der Waals surface area contributed by atoms with Crippen LogP contribution in [0.1, 0.15) is 15.9 Å². The van der Waals surface area contributed by atoms with Gasteiger partial charge in [-0.3, -0.25) is 0 Å². The number of aromatic nitrogens is 1. The van der Waals surface area contributed by atoms with Gasteiger partial charge in [-0.2, -0.15) is 5.26 Å². The van der Waals surface area contributed by atoms with Gasteiger partial charge in [0.1, 0.15) is 11.8 Å². The molecule has 0 aliphatic heterocycles. The second-order valence-corrected chi connectivity index (χ2v) is 4.40. The molecule has 0 saturated heterocycles. The van der Waals surface area contributed by atoms with E-state index in [-0.39, 0.29) is 11.4 Å². The largest absolute Gasteiger partial charge is 0.478 e. The average Bonchev–Trinajstić information content (AvgIpc) is 2.42. The highest BCUT2D eigenvalue weighted by molar-refractivity contribution is 9.10. The highest BCUT2D eigenvalue weighted by Crippen LogP contribution is 2.29. The number of carboxylic acids is 1. The summed E-state index contributed by atoms with van der Waals surface area (Å²) in [7, 11) is 0. The molecule has 0 atom stereocenters. The molecule has 6 heteroatoms. The summed E-state index contributed by atoms with van der Waals surface area (Å²) in [5.41, 5.74) is 0.539. The van der Waals surface area contributed by atoms with Crippen LogP contribution in [0.15, 0.2) is 41.0 Å². The lowest BCUT2D eigenvalue weighted by Gasteiger charge is -2.07. The van der Waals surface area contributed by atoms with E-state index < -0.39 is 5.97 Å². The summed E-state index contributed by atoms with van der Waals surface area (Å²) in [4.78, 5) is 14.8. The molecule has 0 spiro atoms. The zero-order valence-electron chi connectivity index (χ0n) is 9.50. The van der Waals surface area contributed by atoms with Gasteiger partial charge < -0.3 is 9.84 Å². The number of hydrogen-bond donors (Lipinski definition) is 1. The molecular weight excluding hydrogens is 312 g/mol. The highest BCUT2D eigenvalue weighted by Gasteiger charge is 2.09. The summed E-state index contributed by atoms with van der Waals surface area (Å²) in [5, 5.41) is 17.6. The van der Waals surface area contributed by atoms with Gasteiger partial charge in [-0.1, -0.05) is 0 Å². The van der Waals surface area contributed by atoms with Crippen LogP contribution in [-0.4, -0.2) is 16.1 Å². The minimum atomic E-state index is -1.04. The summed E-state index contributed by atoms with van der Waals surface area (Å²) in [6.45, 7) is 0. The Morgan fingerprint density at radius 3 is 2.74 bits per heavy atom. The summed E-state index contributed by atoms with van der Waals surface area (Å²) in [6, 6.07) is 9.50. The van der Waals surface area contributed by atoms with E-state index in [0.29, 0.717) is 15.8 Å². The Balaban J connectivity index is 2.29. The first-order valence-corrected chi connectivity index (χ1v) is 5.96. The molecule has 1 aromatic heterocycles. The van der Waals surface area contributed by atoms with E-state index in [9.17, 15) is 4.79 Å². The number of pyridine rings is 1. The topological polar surface area (TPSA) is 83.2 Å². The summed E-state index contributed by atoms with van der Waals surface area (Å²) in [5.74, 6) is -0.413. The molecule has 2 aromatic rings. The third kappa shape index (κ3) is 3.09. The zero-order valence-corrected chi connectivity index (χ0v) is 11.1. The quantitative estimate of drug-likeness (QED) is 0.939. The van der Waals surface area contributed by atoms with Crippen molar-refractivity contribution in [1.29, 1.82) is 5.26 Å². The molecule has 0 unspecified atom stereocenters. The van der Waals surface area contributed by atoms with E-state index >= 15 is 0 Å². The molecule has 0 bridgehead atoms. The van der Waals surface area contributed by atoms with Crippen LogP contribution in [0.2, 0.25) is 0 Å². The van der Waals surface area contributed by atoms with Gasteiger partial charge in [0, 0.05) is 12.3 Å². The lowest BCUT2D eigenvalue weighted by Crippen LogP contribution is -1.97. The van der Waals surface area contributed by atoms with Gasteiger partial charge in [0.05, 0.1) is 15.6 Å². The maximum absolute atomic E-state index is 10.9. The molecule has 0 radical (unpaired) electrons. The smallest absolute Gasteiger partial charge is 0.335 e. The fourth-order valence-electron chi connectivity index (χ4n) is 1.33. The van der Waals surface area contributed by atoms with Crippen LogP contribution in [0.5, 0.6) is 11.6 Å². The number of hydrogen-bond acceptors (Lipinski definition) is 4. The van der Waals surface area contributed by atoms with Crippen LogP contribution in [-0.2, 0) is 0 Å². The highest BCUT2D eigenvalue weighted by atomic mass is 79.9. The number of carbonyl (C=O) groups is 1. The first kappa shape index (κ1) is 13.1. The van der Waals surface area contributed by atoms with E-state index in [1.54, 1.807) is 18.2 Å². The molecule has 0 fully saturated rings. The number of carboxylic acid groups (broad SMARTS) is 1. The molecular formula is C13H7BrN2O3. The third-order valence-electron chi connectivity index (χ3n) is 2.26. The number of benzene rings is 1. The van der Waals surface area contributed by atoms with E-state index in [0.717, 1.165) is 0 Å². The Kier molecular flexibility index (Phi) is 3.78. The standard InChI is InChI=1S/C13H7BrN2O3/c14-10-3-2-9(13(17)18)5-11(10)19-12-4-1-8(6-15)7-16-12/h1-5,7H,(H,17,18). The lowest BCUT2D eigenvalue weighted by atomic mass is 10.2. The number of nitriles is 1. The molecule has 2 rings (SSSR count). The molecule has 0 saturated carbocycles. The zero-order chi connectivity index (χ0) is 13.8. The summed E-state index contributed by atoms with van der Waals surface area (Å²) < 4.78 is 6.08. The van der Waals surface area contributed by atoms with Gasteiger partial charge in [0.15, 0.2) is 0 Å². The van der Waals surface area contributed by atoms with Crippen molar-refractivity contribution in [2.24, 2.45) is 0 Å². The second kappa shape index (κ2) is 5.50. The van der Waals surface area contributed by atoms with Gasteiger partial charge in [0.25, 0.3) is 0 Å². The van der Waals surface area contributed by atoms with Crippen molar-refractivity contribution < 1.29 is 14.6 Å². The summed E-state index contributed by atoms with van der Waals surface area (Å²) >= 11 is 3.27. The maximum atomic E-state index is 10.9. The SMILES string of the molecule is N#Cc1ccc(Oc2cc(C(=O)O)ccc2Br)nc1. The minimum Gasteiger partial charge on any atom is -0.478 e. The Labute approximate surface area is 117 Å².